The minimum Gasteiger partial charge on any atom is -0.477 e. The third-order valence-electron chi connectivity index (χ3n) is 2.12. The highest BCUT2D eigenvalue weighted by molar-refractivity contribution is 7.99. The van der Waals surface area contributed by atoms with Crippen LogP contribution in [0.25, 0.3) is 0 Å². The van der Waals surface area contributed by atoms with Crippen LogP contribution < -0.4 is 0 Å². The van der Waals surface area contributed by atoms with Gasteiger partial charge >= 0.3 is 5.97 Å². The van der Waals surface area contributed by atoms with E-state index in [2.05, 4.69) is 10.2 Å². The van der Waals surface area contributed by atoms with Crippen LogP contribution in [0.1, 0.15) is 16.2 Å². The first kappa shape index (κ1) is 13.0. The van der Waals surface area contributed by atoms with Crippen LogP contribution in [0.5, 0.6) is 0 Å². The summed E-state index contributed by atoms with van der Waals surface area (Å²) in [5.74, 6) is -1.05. The van der Waals surface area contributed by atoms with Crippen molar-refractivity contribution in [2.45, 2.75) is 17.0 Å². The van der Waals surface area contributed by atoms with Crippen LogP contribution in [0.3, 0.4) is 0 Å². The number of nitro benzene ring substituents is 1. The molecule has 0 saturated heterocycles. The summed E-state index contributed by atoms with van der Waals surface area (Å²) >= 11 is 0.850. The number of benzene rings is 1. The van der Waals surface area contributed by atoms with E-state index in [-0.39, 0.29) is 15.7 Å². The number of carboxylic acids is 1. The number of nitro groups is 1. The van der Waals surface area contributed by atoms with E-state index in [1.165, 1.54) is 18.2 Å². The van der Waals surface area contributed by atoms with Gasteiger partial charge in [-0.25, -0.2) is 4.79 Å². The highest BCUT2D eigenvalue weighted by Crippen LogP contribution is 2.36. The van der Waals surface area contributed by atoms with E-state index in [1.807, 2.05) is 0 Å². The molecule has 2 aromatic rings. The topological polar surface area (TPSA) is 119 Å². The van der Waals surface area contributed by atoms with Gasteiger partial charge in [0.25, 0.3) is 10.9 Å². The Balaban J connectivity index is 2.47. The summed E-state index contributed by atoms with van der Waals surface area (Å²) in [7, 11) is 0. The Hall–Kier alpha value is -2.42. The molecule has 8 nitrogen and oxygen atoms in total. The number of hydrogen-bond donors (Lipinski definition) is 1. The number of nitrogens with zero attached hydrogens (tertiary/aromatic N) is 3. The van der Waals surface area contributed by atoms with Crippen LogP contribution in [-0.2, 0) is 0 Å². The van der Waals surface area contributed by atoms with Gasteiger partial charge in [-0.2, -0.15) is 0 Å². The van der Waals surface area contributed by atoms with Crippen molar-refractivity contribution < 1.29 is 19.2 Å². The quantitative estimate of drug-likeness (QED) is 0.668. The number of carboxylic acid groups (broad SMARTS) is 1. The molecule has 1 N–H and O–H groups in total. The van der Waals surface area contributed by atoms with Gasteiger partial charge in [0.05, 0.1) is 9.82 Å². The second-order valence-corrected chi connectivity index (χ2v) is 4.40. The SMILES string of the molecule is Cc1nnc(Sc2cccc(C(=O)O)c2[N+](=O)[O-])o1. The van der Waals surface area contributed by atoms with E-state index in [9.17, 15) is 14.9 Å². The molecule has 1 heterocycles. The lowest BCUT2D eigenvalue weighted by Gasteiger charge is -2.02. The molecular weight excluding hydrogens is 274 g/mol. The van der Waals surface area contributed by atoms with Crippen molar-refractivity contribution in [1.82, 2.24) is 10.2 Å². The van der Waals surface area contributed by atoms with Crippen molar-refractivity contribution in [3.05, 3.63) is 39.8 Å². The van der Waals surface area contributed by atoms with Crippen LogP contribution in [0, 0.1) is 17.0 Å². The van der Waals surface area contributed by atoms with Crippen LogP contribution >= 0.6 is 11.8 Å². The average molecular weight is 281 g/mol. The molecule has 0 aliphatic carbocycles. The maximum atomic E-state index is 11.0. The summed E-state index contributed by atoms with van der Waals surface area (Å²) in [5.41, 5.74) is -0.873. The van der Waals surface area contributed by atoms with Crippen molar-refractivity contribution in [1.29, 1.82) is 0 Å². The molecule has 19 heavy (non-hydrogen) atoms. The lowest BCUT2D eigenvalue weighted by Crippen LogP contribution is -2.03. The molecule has 0 atom stereocenters. The zero-order valence-corrected chi connectivity index (χ0v) is 10.4. The van der Waals surface area contributed by atoms with Crippen molar-refractivity contribution in [2.75, 3.05) is 0 Å². The van der Waals surface area contributed by atoms with E-state index >= 15 is 0 Å². The maximum Gasteiger partial charge on any atom is 0.342 e. The number of aromatic carboxylic acids is 1. The Kier molecular flexibility index (Phi) is 3.47. The lowest BCUT2D eigenvalue weighted by molar-refractivity contribution is -0.388. The van der Waals surface area contributed by atoms with Gasteiger partial charge < -0.3 is 9.52 Å². The fraction of sp³-hybridized carbons (Fsp3) is 0.100. The summed E-state index contributed by atoms with van der Waals surface area (Å²) in [5, 5.41) is 27.3. The van der Waals surface area contributed by atoms with Crippen LogP contribution in [0.4, 0.5) is 5.69 Å². The highest BCUT2D eigenvalue weighted by Gasteiger charge is 2.25. The molecule has 2 rings (SSSR count). The standard InChI is InChI=1S/C10H7N3O5S/c1-5-11-12-10(18-5)19-7-4-2-3-6(9(14)15)8(7)13(16)17/h2-4H,1H3,(H,14,15). The third kappa shape index (κ3) is 2.71. The molecule has 0 saturated carbocycles. The minimum absolute atomic E-state index is 0.114. The number of aromatic nitrogens is 2. The normalized spacial score (nSPS) is 10.4. The number of para-hydroxylation sites is 1. The Labute approximate surface area is 110 Å². The number of rotatable bonds is 4. The molecule has 0 amide bonds. The van der Waals surface area contributed by atoms with Gasteiger partial charge in [-0.3, -0.25) is 10.1 Å². The molecule has 0 aliphatic rings. The molecule has 9 heteroatoms. The molecule has 0 spiro atoms. The summed E-state index contributed by atoms with van der Waals surface area (Å²) in [6.45, 7) is 1.58. The van der Waals surface area contributed by atoms with E-state index in [0.29, 0.717) is 5.89 Å². The van der Waals surface area contributed by atoms with Gasteiger partial charge in [0.2, 0.25) is 5.89 Å². The second-order valence-electron chi connectivity index (χ2n) is 3.40. The Morgan fingerprint density at radius 3 is 2.74 bits per heavy atom. The molecule has 0 bridgehead atoms. The molecule has 1 aromatic heterocycles. The maximum absolute atomic E-state index is 11.0. The van der Waals surface area contributed by atoms with Crippen molar-refractivity contribution in [2.24, 2.45) is 0 Å². The van der Waals surface area contributed by atoms with E-state index in [1.54, 1.807) is 6.92 Å². The van der Waals surface area contributed by atoms with Gasteiger partial charge in [-0.1, -0.05) is 6.07 Å². The van der Waals surface area contributed by atoms with E-state index in [4.69, 9.17) is 9.52 Å². The second kappa shape index (κ2) is 5.06. The summed E-state index contributed by atoms with van der Waals surface area (Å²) in [4.78, 5) is 21.4. The minimum atomic E-state index is -1.36. The molecule has 0 radical (unpaired) electrons. The van der Waals surface area contributed by atoms with E-state index in [0.717, 1.165) is 11.8 Å². The number of aryl methyl sites for hydroxylation is 1. The number of hydrogen-bond acceptors (Lipinski definition) is 7. The monoisotopic (exact) mass is 281 g/mol. The smallest absolute Gasteiger partial charge is 0.342 e. The highest BCUT2D eigenvalue weighted by atomic mass is 32.2. The fourth-order valence-corrected chi connectivity index (χ4v) is 2.24. The van der Waals surface area contributed by atoms with Crippen molar-refractivity contribution >= 4 is 23.4 Å². The summed E-state index contributed by atoms with van der Waals surface area (Å²) in [6, 6.07) is 4.01. The first-order valence-electron chi connectivity index (χ1n) is 4.97. The largest absolute Gasteiger partial charge is 0.477 e. The first-order chi connectivity index (χ1) is 8.99. The third-order valence-corrected chi connectivity index (χ3v) is 3.01. The molecular formula is C10H7N3O5S. The van der Waals surface area contributed by atoms with Gasteiger partial charge in [0.15, 0.2) is 0 Å². The zero-order valence-electron chi connectivity index (χ0n) is 9.56. The van der Waals surface area contributed by atoms with Crippen LogP contribution in [0.2, 0.25) is 0 Å². The van der Waals surface area contributed by atoms with Crippen LogP contribution in [-0.4, -0.2) is 26.2 Å². The van der Waals surface area contributed by atoms with E-state index < -0.39 is 16.6 Å². The van der Waals surface area contributed by atoms with Gasteiger partial charge in [0.1, 0.15) is 5.56 Å². The first-order valence-corrected chi connectivity index (χ1v) is 5.79. The molecule has 0 fully saturated rings. The zero-order chi connectivity index (χ0) is 14.0. The molecule has 0 unspecified atom stereocenters. The van der Waals surface area contributed by atoms with Crippen molar-refractivity contribution in [3.8, 4) is 0 Å². The molecule has 1 aromatic carbocycles. The predicted molar refractivity (Wildman–Crippen MR) is 63.2 cm³/mol. The van der Waals surface area contributed by atoms with Gasteiger partial charge in [-0.05, 0) is 23.9 Å². The lowest BCUT2D eigenvalue weighted by atomic mass is 10.2. The summed E-state index contributed by atoms with van der Waals surface area (Å²) < 4.78 is 5.09. The molecule has 0 aliphatic heterocycles. The predicted octanol–water partition coefficient (Wildman–Crippen LogP) is 2.14. The summed E-state index contributed by atoms with van der Waals surface area (Å²) in [6.07, 6.45) is 0. The van der Waals surface area contributed by atoms with Crippen molar-refractivity contribution in [3.63, 3.8) is 0 Å². The van der Waals surface area contributed by atoms with Gasteiger partial charge in [-0.15, -0.1) is 10.2 Å². The van der Waals surface area contributed by atoms with Gasteiger partial charge in [0, 0.05) is 6.92 Å². The molecule has 98 valence electrons. The fourth-order valence-electron chi connectivity index (χ4n) is 1.38. The Morgan fingerprint density at radius 2 is 2.21 bits per heavy atom. The Morgan fingerprint density at radius 1 is 1.47 bits per heavy atom. The van der Waals surface area contributed by atoms with Crippen LogP contribution in [0.15, 0.2) is 32.7 Å². The Bertz CT molecular complexity index is 654. The number of carbonyl (C=O) groups is 1. The average Bonchev–Trinajstić information content (AvgIpc) is 2.74.